The predicted octanol–water partition coefficient (Wildman–Crippen LogP) is 4.55. The third kappa shape index (κ3) is 5.32. The number of carbonyl (C=O) groups excluding carboxylic acids is 1. The van der Waals surface area contributed by atoms with Crippen molar-refractivity contribution in [3.63, 3.8) is 0 Å². The van der Waals surface area contributed by atoms with Crippen molar-refractivity contribution < 1.29 is 17.7 Å². The van der Waals surface area contributed by atoms with Gasteiger partial charge >= 0.3 is 0 Å². The molecule has 1 fully saturated rings. The Kier molecular flexibility index (Phi) is 7.35. The first-order valence-electron chi connectivity index (χ1n) is 11.3. The van der Waals surface area contributed by atoms with Crippen LogP contribution in [0, 0.1) is 26.7 Å². The van der Waals surface area contributed by atoms with Crippen molar-refractivity contribution >= 4 is 39.4 Å². The Balaban J connectivity index is 1.52. The lowest BCUT2D eigenvalue weighted by atomic mass is 9.99. The van der Waals surface area contributed by atoms with E-state index >= 15 is 0 Å². The topological polar surface area (TPSA) is 92.5 Å². The standard InChI is InChI=1S/C25H29N3O4S2/c1-17-8-9-18(2)20(14-17)10-11-23-24(19(3)27-32-23)34(30,31)28-12-4-6-21(16-28)25(29)26-15-22-7-5-13-33-22/h5,7-11,13-14,21H,4,6,12,15-16H2,1-3H3,(H,26,29)/b11-10+/t21-/m1/s1. The summed E-state index contributed by atoms with van der Waals surface area (Å²) in [6.07, 6.45) is 4.78. The average molecular weight is 500 g/mol. The van der Waals surface area contributed by atoms with Crippen molar-refractivity contribution in [1.82, 2.24) is 14.8 Å². The van der Waals surface area contributed by atoms with Gasteiger partial charge in [-0.1, -0.05) is 41.1 Å². The van der Waals surface area contributed by atoms with Crippen LogP contribution in [0.5, 0.6) is 0 Å². The first-order valence-corrected chi connectivity index (χ1v) is 13.6. The minimum atomic E-state index is -3.88. The van der Waals surface area contributed by atoms with Gasteiger partial charge in [0.2, 0.25) is 15.9 Å². The number of piperidine rings is 1. The third-order valence-electron chi connectivity index (χ3n) is 6.05. The zero-order chi connectivity index (χ0) is 24.3. The molecule has 180 valence electrons. The lowest BCUT2D eigenvalue weighted by Gasteiger charge is -2.31. The van der Waals surface area contributed by atoms with Gasteiger partial charge < -0.3 is 9.84 Å². The minimum absolute atomic E-state index is 0.0636. The largest absolute Gasteiger partial charge is 0.355 e. The van der Waals surface area contributed by atoms with Crippen molar-refractivity contribution in [2.75, 3.05) is 13.1 Å². The lowest BCUT2D eigenvalue weighted by Crippen LogP contribution is -2.45. The van der Waals surface area contributed by atoms with Gasteiger partial charge in [-0.15, -0.1) is 11.3 Å². The molecule has 1 N–H and O–H groups in total. The summed E-state index contributed by atoms with van der Waals surface area (Å²) in [6.45, 7) is 6.60. The Bertz CT molecular complexity index is 1290. The maximum Gasteiger partial charge on any atom is 0.248 e. The zero-order valence-electron chi connectivity index (χ0n) is 19.6. The van der Waals surface area contributed by atoms with E-state index in [0.717, 1.165) is 21.6 Å². The number of hydrogen-bond acceptors (Lipinski definition) is 6. The molecular formula is C25H29N3O4S2. The highest BCUT2D eigenvalue weighted by Crippen LogP contribution is 2.29. The highest BCUT2D eigenvalue weighted by Gasteiger charge is 2.36. The summed E-state index contributed by atoms with van der Waals surface area (Å²) in [5, 5.41) is 8.83. The summed E-state index contributed by atoms with van der Waals surface area (Å²) in [4.78, 5) is 13.9. The summed E-state index contributed by atoms with van der Waals surface area (Å²) in [6, 6.07) is 9.99. The molecule has 3 aromatic rings. The number of rotatable bonds is 7. The van der Waals surface area contributed by atoms with Gasteiger partial charge in [0, 0.05) is 18.0 Å². The van der Waals surface area contributed by atoms with Gasteiger partial charge in [0.05, 0.1) is 12.5 Å². The summed E-state index contributed by atoms with van der Waals surface area (Å²) < 4.78 is 34.0. The molecule has 7 nitrogen and oxygen atoms in total. The number of carbonyl (C=O) groups is 1. The molecule has 9 heteroatoms. The van der Waals surface area contributed by atoms with E-state index < -0.39 is 15.9 Å². The molecule has 3 heterocycles. The monoisotopic (exact) mass is 499 g/mol. The van der Waals surface area contributed by atoms with Crippen LogP contribution in [0.25, 0.3) is 12.2 Å². The number of benzene rings is 1. The molecule has 1 atom stereocenters. The molecule has 1 saturated heterocycles. The third-order valence-corrected chi connectivity index (χ3v) is 8.95. The Labute approximate surface area is 204 Å². The van der Waals surface area contributed by atoms with Crippen molar-refractivity contribution in [2.45, 2.75) is 45.1 Å². The second-order valence-corrected chi connectivity index (χ2v) is 11.6. The van der Waals surface area contributed by atoms with Crippen molar-refractivity contribution in [3.05, 3.63) is 68.7 Å². The fourth-order valence-corrected chi connectivity index (χ4v) is 6.56. The Morgan fingerprint density at radius 2 is 2.09 bits per heavy atom. The van der Waals surface area contributed by atoms with Gasteiger partial charge in [-0.05, 0) is 62.3 Å². The van der Waals surface area contributed by atoms with Crippen LogP contribution >= 0.6 is 11.3 Å². The number of nitrogens with zero attached hydrogens (tertiary/aromatic N) is 2. The fourth-order valence-electron chi connectivity index (χ4n) is 4.14. The minimum Gasteiger partial charge on any atom is -0.355 e. The fraction of sp³-hybridized carbons (Fsp3) is 0.360. The highest BCUT2D eigenvalue weighted by molar-refractivity contribution is 7.89. The van der Waals surface area contributed by atoms with E-state index in [9.17, 15) is 13.2 Å². The molecule has 1 aliphatic rings. The van der Waals surface area contributed by atoms with E-state index in [1.165, 1.54) is 4.31 Å². The van der Waals surface area contributed by atoms with Crippen LogP contribution in [-0.2, 0) is 21.4 Å². The van der Waals surface area contributed by atoms with Gasteiger partial charge in [0.25, 0.3) is 0 Å². The lowest BCUT2D eigenvalue weighted by molar-refractivity contribution is -0.126. The highest BCUT2D eigenvalue weighted by atomic mass is 32.2. The van der Waals surface area contributed by atoms with Gasteiger partial charge in [-0.3, -0.25) is 4.79 Å². The molecule has 1 amide bonds. The maximum absolute atomic E-state index is 13.6. The van der Waals surface area contributed by atoms with Crippen molar-refractivity contribution in [3.8, 4) is 0 Å². The van der Waals surface area contributed by atoms with Gasteiger partial charge in [0.1, 0.15) is 5.69 Å². The number of aromatic nitrogens is 1. The quantitative estimate of drug-likeness (QED) is 0.515. The second-order valence-electron chi connectivity index (χ2n) is 8.65. The van der Waals surface area contributed by atoms with Crippen LogP contribution in [0.2, 0.25) is 0 Å². The van der Waals surface area contributed by atoms with Crippen molar-refractivity contribution in [1.29, 1.82) is 0 Å². The molecule has 34 heavy (non-hydrogen) atoms. The van der Waals surface area contributed by atoms with E-state index in [2.05, 4.69) is 10.5 Å². The zero-order valence-corrected chi connectivity index (χ0v) is 21.2. The van der Waals surface area contributed by atoms with Crippen LogP contribution in [0.3, 0.4) is 0 Å². The average Bonchev–Trinajstić information content (AvgIpc) is 3.48. The first-order chi connectivity index (χ1) is 16.3. The van der Waals surface area contributed by atoms with Crippen LogP contribution in [0.4, 0.5) is 0 Å². The molecule has 0 spiro atoms. The number of thiophene rings is 1. The van der Waals surface area contributed by atoms with E-state index in [1.807, 2.05) is 55.6 Å². The number of sulfonamides is 1. The summed E-state index contributed by atoms with van der Waals surface area (Å²) in [5.74, 6) is -0.314. The maximum atomic E-state index is 13.6. The Morgan fingerprint density at radius 1 is 1.26 bits per heavy atom. The molecular weight excluding hydrogens is 470 g/mol. The molecule has 0 saturated carbocycles. The number of amides is 1. The number of aryl methyl sites for hydroxylation is 3. The van der Waals surface area contributed by atoms with Crippen LogP contribution in [0.15, 0.2) is 45.1 Å². The molecule has 0 bridgehead atoms. The second kappa shape index (κ2) is 10.2. The number of nitrogens with one attached hydrogen (secondary N) is 1. The predicted molar refractivity (Wildman–Crippen MR) is 134 cm³/mol. The smallest absolute Gasteiger partial charge is 0.248 e. The number of hydrogen-bond donors (Lipinski definition) is 1. The molecule has 1 aliphatic heterocycles. The normalized spacial score (nSPS) is 17.3. The van der Waals surface area contributed by atoms with Gasteiger partial charge in [0.15, 0.2) is 10.7 Å². The van der Waals surface area contributed by atoms with Crippen LogP contribution < -0.4 is 5.32 Å². The van der Waals surface area contributed by atoms with E-state index in [0.29, 0.717) is 31.6 Å². The van der Waals surface area contributed by atoms with Gasteiger partial charge in [-0.2, -0.15) is 4.31 Å². The first kappa shape index (κ1) is 24.4. The Morgan fingerprint density at radius 3 is 2.85 bits per heavy atom. The molecule has 1 aromatic carbocycles. The summed E-state index contributed by atoms with van der Waals surface area (Å²) in [7, 11) is -3.88. The summed E-state index contributed by atoms with van der Waals surface area (Å²) in [5.41, 5.74) is 3.49. The molecule has 0 unspecified atom stereocenters. The SMILES string of the molecule is Cc1ccc(C)c(/C=C/c2onc(C)c2S(=O)(=O)N2CCC[C@@H](C(=O)NCc3cccs3)C2)c1. The van der Waals surface area contributed by atoms with E-state index in [1.54, 1.807) is 24.3 Å². The molecule has 2 aromatic heterocycles. The molecule has 4 rings (SSSR count). The molecule has 0 radical (unpaired) electrons. The van der Waals surface area contributed by atoms with Crippen LogP contribution in [0.1, 0.15) is 45.9 Å². The summed E-state index contributed by atoms with van der Waals surface area (Å²) >= 11 is 1.58. The van der Waals surface area contributed by atoms with Gasteiger partial charge in [-0.25, -0.2) is 8.42 Å². The molecule has 0 aliphatic carbocycles. The van der Waals surface area contributed by atoms with Crippen molar-refractivity contribution in [2.24, 2.45) is 5.92 Å². The Hall–Kier alpha value is -2.75. The van der Waals surface area contributed by atoms with E-state index in [-0.39, 0.29) is 23.1 Å². The van der Waals surface area contributed by atoms with Crippen LogP contribution in [-0.4, -0.2) is 36.9 Å². The van der Waals surface area contributed by atoms with E-state index in [4.69, 9.17) is 4.52 Å².